The monoisotopic (exact) mass is 546 g/mol. The van der Waals surface area contributed by atoms with Gasteiger partial charge < -0.3 is 34.9 Å². The van der Waals surface area contributed by atoms with E-state index in [0.717, 1.165) is 31.4 Å². The molecule has 39 heavy (non-hydrogen) atoms. The molecule has 3 aliphatic heterocycles. The first-order valence-electron chi connectivity index (χ1n) is 14.1. The van der Waals surface area contributed by atoms with Gasteiger partial charge in [0, 0.05) is 57.6 Å². The van der Waals surface area contributed by atoms with Gasteiger partial charge in [-0.3, -0.25) is 19.3 Å². The second-order valence-corrected chi connectivity index (χ2v) is 10.6. The Morgan fingerprint density at radius 1 is 1.23 bits per heavy atom. The van der Waals surface area contributed by atoms with E-state index in [9.17, 15) is 19.5 Å². The first-order valence-corrected chi connectivity index (χ1v) is 14.1. The summed E-state index contributed by atoms with van der Waals surface area (Å²) in [5.41, 5.74) is 6.57. The summed E-state index contributed by atoms with van der Waals surface area (Å²) in [6.07, 6.45) is 4.53. The standard InChI is InChI=1S/C28H42N4O7/c1-3-4-10-31(13-9-29)25(34)17-32-16-20(19-14-22(37-2)27-23(15-19)38-18-39-27)26(28(35)36)21(32)7-5-11-30-12-6-8-24(30)33/h14-15,20-21,26H,3-13,16-18,29H2,1-2H3,(H,35,36). The topological polar surface area (TPSA) is 135 Å². The van der Waals surface area contributed by atoms with Crippen molar-refractivity contribution in [1.82, 2.24) is 14.7 Å². The molecule has 0 radical (unpaired) electrons. The number of nitrogens with zero attached hydrogens (tertiary/aromatic N) is 3. The molecule has 0 saturated carbocycles. The first kappa shape index (κ1) is 28.9. The van der Waals surface area contributed by atoms with Gasteiger partial charge in [-0.25, -0.2) is 0 Å². The third-order valence-corrected chi connectivity index (χ3v) is 8.11. The largest absolute Gasteiger partial charge is 0.493 e. The Hall–Kier alpha value is -3.05. The van der Waals surface area contributed by atoms with E-state index in [1.807, 2.05) is 21.9 Å². The lowest BCUT2D eigenvalue weighted by molar-refractivity contribution is -0.144. The highest BCUT2D eigenvalue weighted by atomic mass is 16.7. The molecule has 11 heteroatoms. The quantitative estimate of drug-likeness (QED) is 0.359. The van der Waals surface area contributed by atoms with Crippen LogP contribution in [0, 0.1) is 5.92 Å². The molecule has 1 aromatic rings. The number of fused-ring (bicyclic) bond motifs is 1. The SMILES string of the molecule is CCCCN(CCN)C(=O)CN1CC(c2cc(OC)c3c(c2)OCO3)C(C(=O)O)C1CCCN1CCCC1=O. The van der Waals surface area contributed by atoms with Crippen molar-refractivity contribution in [2.24, 2.45) is 11.7 Å². The van der Waals surface area contributed by atoms with Crippen LogP contribution in [-0.4, -0.2) is 103 Å². The van der Waals surface area contributed by atoms with Gasteiger partial charge in [0.25, 0.3) is 0 Å². The summed E-state index contributed by atoms with van der Waals surface area (Å²) < 4.78 is 16.7. The number of carboxylic acid groups (broad SMARTS) is 1. The number of carboxylic acids is 1. The van der Waals surface area contributed by atoms with Crippen LogP contribution >= 0.6 is 0 Å². The average molecular weight is 547 g/mol. The number of unbranched alkanes of at least 4 members (excludes halogenated alkanes) is 1. The van der Waals surface area contributed by atoms with Crippen molar-refractivity contribution in [3.63, 3.8) is 0 Å². The number of carbonyl (C=O) groups excluding carboxylic acids is 2. The molecule has 0 aromatic heterocycles. The molecule has 3 heterocycles. The van der Waals surface area contributed by atoms with E-state index in [2.05, 4.69) is 6.92 Å². The van der Waals surface area contributed by atoms with Crippen LogP contribution < -0.4 is 19.9 Å². The first-order chi connectivity index (χ1) is 18.9. The zero-order valence-corrected chi connectivity index (χ0v) is 23.1. The fourth-order valence-electron chi connectivity index (χ4n) is 6.13. The molecule has 2 fully saturated rings. The molecule has 0 bridgehead atoms. The van der Waals surface area contributed by atoms with Crippen molar-refractivity contribution in [2.45, 2.75) is 57.4 Å². The number of hydrogen-bond donors (Lipinski definition) is 2. The van der Waals surface area contributed by atoms with Crippen molar-refractivity contribution in [1.29, 1.82) is 0 Å². The molecular weight excluding hydrogens is 504 g/mol. The van der Waals surface area contributed by atoms with Crippen molar-refractivity contribution in [3.05, 3.63) is 17.7 Å². The molecule has 3 unspecified atom stereocenters. The number of amides is 2. The van der Waals surface area contributed by atoms with Crippen LogP contribution in [0.3, 0.4) is 0 Å². The summed E-state index contributed by atoms with van der Waals surface area (Å²) >= 11 is 0. The van der Waals surface area contributed by atoms with Crippen LogP contribution in [0.1, 0.15) is 56.9 Å². The Bertz CT molecular complexity index is 1040. The van der Waals surface area contributed by atoms with Crippen molar-refractivity contribution < 1.29 is 33.7 Å². The number of rotatable bonds is 14. The lowest BCUT2D eigenvalue weighted by Gasteiger charge is -2.30. The Morgan fingerprint density at radius 3 is 2.72 bits per heavy atom. The summed E-state index contributed by atoms with van der Waals surface area (Å²) in [5, 5.41) is 10.5. The van der Waals surface area contributed by atoms with E-state index in [1.54, 1.807) is 12.0 Å². The fourth-order valence-corrected chi connectivity index (χ4v) is 6.13. The average Bonchev–Trinajstić information content (AvgIpc) is 3.65. The molecule has 11 nitrogen and oxygen atoms in total. The summed E-state index contributed by atoms with van der Waals surface area (Å²) in [7, 11) is 1.54. The minimum Gasteiger partial charge on any atom is -0.493 e. The predicted octanol–water partition coefficient (Wildman–Crippen LogP) is 1.88. The Labute approximate surface area is 230 Å². The van der Waals surface area contributed by atoms with Gasteiger partial charge >= 0.3 is 5.97 Å². The number of hydrogen-bond acceptors (Lipinski definition) is 8. The molecule has 2 amide bonds. The predicted molar refractivity (Wildman–Crippen MR) is 144 cm³/mol. The maximum atomic E-state index is 13.4. The van der Waals surface area contributed by atoms with E-state index in [0.29, 0.717) is 69.2 Å². The van der Waals surface area contributed by atoms with Gasteiger partial charge in [-0.05, 0) is 43.4 Å². The van der Waals surface area contributed by atoms with E-state index in [4.69, 9.17) is 19.9 Å². The minimum atomic E-state index is -0.904. The molecule has 1 aromatic carbocycles. The molecule has 0 aliphatic carbocycles. The van der Waals surface area contributed by atoms with Gasteiger partial charge in [-0.1, -0.05) is 13.3 Å². The Morgan fingerprint density at radius 2 is 2.05 bits per heavy atom. The minimum absolute atomic E-state index is 0.0401. The van der Waals surface area contributed by atoms with Crippen molar-refractivity contribution in [2.75, 3.05) is 59.7 Å². The molecular formula is C28H42N4O7. The van der Waals surface area contributed by atoms with Crippen LogP contribution in [0.4, 0.5) is 0 Å². The number of ether oxygens (including phenoxy) is 3. The maximum Gasteiger partial charge on any atom is 0.308 e. The van der Waals surface area contributed by atoms with E-state index in [1.165, 1.54) is 0 Å². The van der Waals surface area contributed by atoms with Gasteiger partial charge in [0.15, 0.2) is 11.5 Å². The highest BCUT2D eigenvalue weighted by Crippen LogP contribution is 2.47. The highest BCUT2D eigenvalue weighted by molar-refractivity contribution is 5.79. The number of carbonyl (C=O) groups is 3. The van der Waals surface area contributed by atoms with Gasteiger partial charge in [-0.15, -0.1) is 0 Å². The number of likely N-dealkylation sites (tertiary alicyclic amines) is 2. The van der Waals surface area contributed by atoms with Gasteiger partial charge in [-0.2, -0.15) is 0 Å². The van der Waals surface area contributed by atoms with Crippen LogP contribution in [0.5, 0.6) is 17.2 Å². The normalized spacial score (nSPS) is 22.5. The van der Waals surface area contributed by atoms with E-state index < -0.39 is 11.9 Å². The van der Waals surface area contributed by atoms with Crippen molar-refractivity contribution >= 4 is 17.8 Å². The highest BCUT2D eigenvalue weighted by Gasteiger charge is 2.47. The molecule has 3 N–H and O–H groups in total. The van der Waals surface area contributed by atoms with Crippen LogP contribution in [0.2, 0.25) is 0 Å². The maximum absolute atomic E-state index is 13.4. The number of nitrogens with two attached hydrogens (primary N) is 1. The third kappa shape index (κ3) is 6.58. The van der Waals surface area contributed by atoms with Crippen molar-refractivity contribution in [3.8, 4) is 17.2 Å². The third-order valence-electron chi connectivity index (χ3n) is 8.11. The summed E-state index contributed by atoms with van der Waals surface area (Å²) in [5.74, 6) is -0.371. The van der Waals surface area contributed by atoms with Crippen LogP contribution in [-0.2, 0) is 14.4 Å². The molecule has 2 saturated heterocycles. The zero-order valence-electron chi connectivity index (χ0n) is 23.1. The summed E-state index contributed by atoms with van der Waals surface area (Å²) in [6.45, 7) is 5.51. The zero-order chi connectivity index (χ0) is 27.9. The molecule has 3 aliphatic rings. The molecule has 3 atom stereocenters. The van der Waals surface area contributed by atoms with Gasteiger partial charge in [0.2, 0.25) is 24.4 Å². The number of benzene rings is 1. The second kappa shape index (κ2) is 13.3. The Balaban J connectivity index is 1.59. The number of aliphatic carboxylic acids is 1. The van der Waals surface area contributed by atoms with Crippen LogP contribution in [0.25, 0.3) is 0 Å². The molecule has 4 rings (SSSR count). The van der Waals surface area contributed by atoms with Gasteiger partial charge in [0.05, 0.1) is 19.6 Å². The van der Waals surface area contributed by atoms with E-state index in [-0.39, 0.29) is 37.1 Å². The lowest BCUT2D eigenvalue weighted by Crippen LogP contribution is -2.45. The number of methoxy groups -OCH3 is 1. The smallest absolute Gasteiger partial charge is 0.308 e. The summed E-state index contributed by atoms with van der Waals surface area (Å²) in [6, 6.07) is 3.29. The van der Waals surface area contributed by atoms with Crippen LogP contribution in [0.15, 0.2) is 12.1 Å². The molecule has 216 valence electrons. The van der Waals surface area contributed by atoms with E-state index >= 15 is 0 Å². The lowest BCUT2D eigenvalue weighted by atomic mass is 9.83. The van der Waals surface area contributed by atoms with Gasteiger partial charge in [0.1, 0.15) is 0 Å². The second-order valence-electron chi connectivity index (χ2n) is 10.6. The fraction of sp³-hybridized carbons (Fsp3) is 0.679. The Kier molecular flexibility index (Phi) is 9.90. The summed E-state index contributed by atoms with van der Waals surface area (Å²) in [4.78, 5) is 44.0. The molecule has 0 spiro atoms.